The fourth-order valence-electron chi connectivity index (χ4n) is 7.81. The van der Waals surface area contributed by atoms with Crippen LogP contribution in [0.15, 0.2) is 42.9 Å². The molecular formula is C44H72N8O7SSi3. The molecule has 2 atom stereocenters. The van der Waals surface area contributed by atoms with Gasteiger partial charge in [0.25, 0.3) is 10.0 Å². The molecule has 19 heteroatoms. The third-order valence-corrected chi connectivity index (χ3v) is 17.8. The lowest BCUT2D eigenvalue weighted by molar-refractivity contribution is 0.00568. The number of nitrogens with zero attached hydrogens (tertiary/aromatic N) is 8. The Kier molecular flexibility index (Phi) is 15.2. The summed E-state index contributed by atoms with van der Waals surface area (Å²) in [4.78, 5) is 27.6. The Balaban J connectivity index is 1.32. The minimum atomic E-state index is -3.80. The maximum atomic E-state index is 13.4. The van der Waals surface area contributed by atoms with Gasteiger partial charge in [-0.1, -0.05) is 65.0 Å². The summed E-state index contributed by atoms with van der Waals surface area (Å²) in [6.07, 6.45) is 8.20. The highest BCUT2D eigenvalue weighted by atomic mass is 32.2. The van der Waals surface area contributed by atoms with E-state index in [1.165, 1.54) is 6.20 Å². The molecule has 2 saturated heterocycles. The van der Waals surface area contributed by atoms with Crippen molar-refractivity contribution < 1.29 is 32.2 Å². The molecule has 0 aromatic carbocycles. The topological polar surface area (TPSA) is 156 Å². The zero-order valence-electron chi connectivity index (χ0n) is 39.8. The van der Waals surface area contributed by atoms with E-state index in [4.69, 9.17) is 34.0 Å². The lowest BCUT2D eigenvalue weighted by Crippen LogP contribution is -2.48. The molecule has 0 aliphatic carbocycles. The Bertz CT molecular complexity index is 2240. The predicted molar refractivity (Wildman–Crippen MR) is 258 cm³/mol. The van der Waals surface area contributed by atoms with Gasteiger partial charge in [0.15, 0.2) is 11.6 Å². The maximum Gasteiger partial charge on any atom is 0.410 e. The Hall–Kier alpha value is -3.47. The van der Waals surface area contributed by atoms with Gasteiger partial charge in [-0.05, 0) is 76.7 Å². The first-order chi connectivity index (χ1) is 29.4. The lowest BCUT2D eigenvalue weighted by Gasteiger charge is -2.39. The summed E-state index contributed by atoms with van der Waals surface area (Å²) < 4.78 is 53.1. The summed E-state index contributed by atoms with van der Waals surface area (Å²) in [6.45, 7) is 28.9. The normalized spacial score (nSPS) is 18.7. The van der Waals surface area contributed by atoms with Gasteiger partial charge in [0.2, 0.25) is 0 Å². The number of hydrogen-bond acceptors (Lipinski definition) is 12. The molecule has 15 nitrogen and oxygen atoms in total. The molecule has 348 valence electrons. The van der Waals surface area contributed by atoms with Crippen molar-refractivity contribution in [3.63, 3.8) is 0 Å². The molecule has 2 unspecified atom stereocenters. The van der Waals surface area contributed by atoms with Gasteiger partial charge < -0.3 is 28.7 Å². The number of carbonyl (C=O) groups excluding carboxylic acids is 1. The van der Waals surface area contributed by atoms with E-state index in [1.54, 1.807) is 12.3 Å². The van der Waals surface area contributed by atoms with E-state index in [0.29, 0.717) is 50.3 Å². The SMILES string of the molecule is CC(C)(C)OC(=O)N1C2CCC1CC(c1cc(N(COCC[Si](C)(C)C)COCC[Si](C)(C)C)n3ncc(-c4ccc(-c5ccn(S(=O)(=O)COCC[Si](C)(C)C)n5)nc4)c3n1)C2. The van der Waals surface area contributed by atoms with Gasteiger partial charge in [-0.15, -0.1) is 0 Å². The Morgan fingerprint density at radius 2 is 1.40 bits per heavy atom. The number of fused-ring (bicyclic) bond motifs is 3. The standard InChI is InChI=1S/C44H72N8O7SSi3/c1-44(2,3)59-43(53)51-35-14-15-36(51)26-34(25-35)40-27-41(49(30-56-19-22-61(4,5)6)31-57-20-23-62(7,8)9)52-42(47-40)37(29-46-52)33-13-16-38(45-28-33)39-17-18-50(48-39)60(54,55)32-58-21-24-63(10,11)12/h13,16-18,27-29,34-36H,14-15,19-26,30-32H2,1-12H3. The van der Waals surface area contributed by atoms with Crippen molar-refractivity contribution in [1.82, 2.24) is 33.7 Å². The van der Waals surface area contributed by atoms with E-state index < -0.39 is 45.8 Å². The third kappa shape index (κ3) is 13.5. The minimum absolute atomic E-state index is 0.0676. The molecule has 4 aromatic rings. The van der Waals surface area contributed by atoms with E-state index >= 15 is 0 Å². The summed E-state index contributed by atoms with van der Waals surface area (Å²) in [5.41, 5.74) is 3.61. The van der Waals surface area contributed by atoms with E-state index in [0.717, 1.165) is 70.5 Å². The molecular weight excluding hydrogens is 869 g/mol. The van der Waals surface area contributed by atoms with Crippen molar-refractivity contribution in [2.75, 3.05) is 44.1 Å². The van der Waals surface area contributed by atoms with Crippen LogP contribution in [0.2, 0.25) is 77.1 Å². The number of piperidine rings is 1. The number of aromatic nitrogens is 6. The van der Waals surface area contributed by atoms with E-state index in [1.807, 2.05) is 48.5 Å². The van der Waals surface area contributed by atoms with Crippen molar-refractivity contribution in [2.45, 2.75) is 147 Å². The molecule has 63 heavy (non-hydrogen) atoms. The highest BCUT2D eigenvalue weighted by Crippen LogP contribution is 2.44. The Labute approximate surface area is 378 Å². The number of rotatable bonds is 20. The number of hydrogen-bond donors (Lipinski definition) is 0. The molecule has 0 saturated carbocycles. The first kappa shape index (κ1) is 49.0. The number of anilines is 1. The van der Waals surface area contributed by atoms with E-state index in [-0.39, 0.29) is 24.1 Å². The summed E-state index contributed by atoms with van der Waals surface area (Å²) in [5, 5.41) is 9.29. The number of pyridine rings is 1. The molecule has 2 bridgehead atoms. The fourth-order valence-corrected chi connectivity index (χ4v) is 11.0. The largest absolute Gasteiger partial charge is 0.444 e. The van der Waals surface area contributed by atoms with Gasteiger partial charge in [0.05, 0.1) is 11.9 Å². The van der Waals surface area contributed by atoms with Gasteiger partial charge in [0, 0.05) is 97.3 Å². The van der Waals surface area contributed by atoms with Crippen molar-refractivity contribution in [3.05, 3.63) is 48.5 Å². The predicted octanol–water partition coefficient (Wildman–Crippen LogP) is 9.22. The highest BCUT2D eigenvalue weighted by Gasteiger charge is 2.46. The van der Waals surface area contributed by atoms with Gasteiger partial charge in [-0.3, -0.25) is 4.98 Å². The van der Waals surface area contributed by atoms with Crippen LogP contribution in [0.3, 0.4) is 0 Å². The minimum Gasteiger partial charge on any atom is -0.444 e. The second-order valence-electron chi connectivity index (χ2n) is 22.0. The maximum absolute atomic E-state index is 13.4. The second-order valence-corrected chi connectivity index (χ2v) is 40.6. The molecule has 0 spiro atoms. The quantitative estimate of drug-likeness (QED) is 0.0471. The van der Waals surface area contributed by atoms with Gasteiger partial charge in [-0.2, -0.15) is 18.8 Å². The first-order valence-corrected chi connectivity index (χ1v) is 35.2. The number of amides is 1. The van der Waals surface area contributed by atoms with Crippen molar-refractivity contribution >= 4 is 51.8 Å². The lowest BCUT2D eigenvalue weighted by atomic mass is 9.88. The summed E-state index contributed by atoms with van der Waals surface area (Å²) in [5.74, 6) is 0.491. The molecule has 4 aromatic heterocycles. The van der Waals surface area contributed by atoms with Crippen molar-refractivity contribution in [1.29, 1.82) is 0 Å². The molecule has 6 heterocycles. The highest BCUT2D eigenvalue weighted by molar-refractivity contribution is 7.89. The monoisotopic (exact) mass is 940 g/mol. The van der Waals surface area contributed by atoms with Crippen LogP contribution in [0.5, 0.6) is 0 Å². The summed E-state index contributed by atoms with van der Waals surface area (Å²) in [7, 11) is -7.80. The van der Waals surface area contributed by atoms with Crippen LogP contribution in [0.4, 0.5) is 10.6 Å². The van der Waals surface area contributed by atoms with Gasteiger partial charge in [0.1, 0.15) is 30.6 Å². The summed E-state index contributed by atoms with van der Waals surface area (Å²) in [6, 6.07) is 10.7. The second kappa shape index (κ2) is 19.6. The van der Waals surface area contributed by atoms with Crippen LogP contribution in [0.25, 0.3) is 28.2 Å². The summed E-state index contributed by atoms with van der Waals surface area (Å²) >= 11 is 0. The van der Waals surface area contributed by atoms with E-state index in [2.05, 4.69) is 75.0 Å². The van der Waals surface area contributed by atoms with Crippen LogP contribution in [0, 0.1) is 0 Å². The molecule has 2 fully saturated rings. The average molecular weight is 941 g/mol. The molecule has 1 amide bonds. The zero-order valence-corrected chi connectivity index (χ0v) is 43.6. The number of ether oxygens (including phenoxy) is 4. The van der Waals surface area contributed by atoms with Crippen LogP contribution >= 0.6 is 0 Å². The smallest absolute Gasteiger partial charge is 0.410 e. The van der Waals surface area contributed by atoms with Crippen LogP contribution < -0.4 is 4.90 Å². The fraction of sp³-hybridized carbons (Fsp3) is 0.659. The van der Waals surface area contributed by atoms with Crippen molar-refractivity contribution in [3.8, 4) is 22.5 Å². The van der Waals surface area contributed by atoms with Gasteiger partial charge >= 0.3 is 6.09 Å². The average Bonchev–Trinajstić information content (AvgIpc) is 3.91. The number of carbonyl (C=O) groups is 1. The molecule has 0 radical (unpaired) electrons. The first-order valence-electron chi connectivity index (χ1n) is 22.5. The zero-order chi connectivity index (χ0) is 46.0. The van der Waals surface area contributed by atoms with E-state index in [9.17, 15) is 13.2 Å². The molecule has 2 aliphatic rings. The molecule has 6 rings (SSSR count). The van der Waals surface area contributed by atoms with Crippen molar-refractivity contribution in [2.24, 2.45) is 0 Å². The van der Waals surface area contributed by atoms with Crippen LogP contribution in [-0.2, 0) is 29.0 Å². The van der Waals surface area contributed by atoms with Crippen LogP contribution in [0.1, 0.15) is 58.1 Å². The third-order valence-electron chi connectivity index (χ3n) is 11.5. The van der Waals surface area contributed by atoms with Gasteiger partial charge in [-0.25, -0.2) is 18.2 Å². The molecule has 0 N–H and O–H groups in total. The van der Waals surface area contributed by atoms with Crippen LogP contribution in [-0.4, -0.2) is 129 Å². The molecule has 2 aliphatic heterocycles. The Morgan fingerprint density at radius 3 is 1.94 bits per heavy atom. The Morgan fingerprint density at radius 1 is 0.810 bits per heavy atom.